The third-order valence-electron chi connectivity index (χ3n) is 4.47. The van der Waals surface area contributed by atoms with Crippen LogP contribution in [0.4, 0.5) is 0 Å². The molecule has 2 N–H and O–H groups in total. The summed E-state index contributed by atoms with van der Waals surface area (Å²) in [6, 6.07) is 7.46. The number of carboxylic acids is 1. The zero-order valence-electron chi connectivity index (χ0n) is 14.0. The standard InChI is InChI=1S/C18H25NO4/c1-17(2,3)14-7-5-4-6-13(14)15(20)19-12-18(16(21)22)8-10-23-11-9-18/h4-7H,8-12H2,1-3H3,(H,19,20)(H,21,22). The minimum Gasteiger partial charge on any atom is -0.481 e. The molecule has 0 bridgehead atoms. The summed E-state index contributed by atoms with van der Waals surface area (Å²) in [4.78, 5) is 24.2. The van der Waals surface area contributed by atoms with Crippen molar-refractivity contribution in [2.75, 3.05) is 19.8 Å². The van der Waals surface area contributed by atoms with Crippen molar-refractivity contribution < 1.29 is 19.4 Å². The van der Waals surface area contributed by atoms with Crippen LogP contribution in [-0.4, -0.2) is 36.7 Å². The first-order chi connectivity index (χ1) is 10.8. The highest BCUT2D eigenvalue weighted by Gasteiger charge is 2.40. The Labute approximate surface area is 137 Å². The molecule has 0 saturated carbocycles. The van der Waals surface area contributed by atoms with Crippen LogP contribution in [0.15, 0.2) is 24.3 Å². The normalized spacial score (nSPS) is 17.5. The summed E-state index contributed by atoms with van der Waals surface area (Å²) in [7, 11) is 0. The molecule has 5 heteroatoms. The molecule has 1 aliphatic rings. The predicted octanol–water partition coefficient (Wildman–Crippen LogP) is 2.60. The molecule has 5 nitrogen and oxygen atoms in total. The Balaban J connectivity index is 2.15. The van der Waals surface area contributed by atoms with Gasteiger partial charge in [-0.2, -0.15) is 0 Å². The van der Waals surface area contributed by atoms with E-state index in [1.807, 2.05) is 18.2 Å². The van der Waals surface area contributed by atoms with Crippen LogP contribution in [0, 0.1) is 5.41 Å². The van der Waals surface area contributed by atoms with Gasteiger partial charge in [0.05, 0.1) is 5.41 Å². The van der Waals surface area contributed by atoms with E-state index in [2.05, 4.69) is 26.1 Å². The van der Waals surface area contributed by atoms with E-state index in [0.29, 0.717) is 31.6 Å². The van der Waals surface area contributed by atoms with Crippen molar-refractivity contribution >= 4 is 11.9 Å². The lowest BCUT2D eigenvalue weighted by atomic mass is 9.80. The number of nitrogens with one attached hydrogen (secondary N) is 1. The van der Waals surface area contributed by atoms with Crippen molar-refractivity contribution in [3.05, 3.63) is 35.4 Å². The van der Waals surface area contributed by atoms with Crippen molar-refractivity contribution in [3.8, 4) is 0 Å². The van der Waals surface area contributed by atoms with Crippen LogP contribution >= 0.6 is 0 Å². The molecule has 23 heavy (non-hydrogen) atoms. The van der Waals surface area contributed by atoms with Crippen molar-refractivity contribution in [3.63, 3.8) is 0 Å². The second-order valence-corrected chi connectivity index (χ2v) is 7.18. The molecule has 1 aliphatic heterocycles. The van der Waals surface area contributed by atoms with Crippen LogP contribution in [0.2, 0.25) is 0 Å². The van der Waals surface area contributed by atoms with Gasteiger partial charge < -0.3 is 15.2 Å². The van der Waals surface area contributed by atoms with E-state index < -0.39 is 11.4 Å². The van der Waals surface area contributed by atoms with E-state index in [4.69, 9.17) is 4.74 Å². The van der Waals surface area contributed by atoms with Crippen LogP contribution in [0.3, 0.4) is 0 Å². The Hall–Kier alpha value is -1.88. The lowest BCUT2D eigenvalue weighted by molar-refractivity contribution is -0.154. The summed E-state index contributed by atoms with van der Waals surface area (Å²) >= 11 is 0. The Morgan fingerprint density at radius 1 is 1.22 bits per heavy atom. The maximum atomic E-state index is 12.6. The Morgan fingerprint density at radius 2 is 1.83 bits per heavy atom. The molecule has 2 rings (SSSR count). The monoisotopic (exact) mass is 319 g/mol. The number of rotatable bonds is 4. The second-order valence-electron chi connectivity index (χ2n) is 7.18. The molecule has 0 aliphatic carbocycles. The fourth-order valence-corrected chi connectivity index (χ4v) is 2.91. The highest BCUT2D eigenvalue weighted by Crippen LogP contribution is 2.31. The van der Waals surface area contributed by atoms with Gasteiger partial charge in [0.1, 0.15) is 0 Å². The van der Waals surface area contributed by atoms with Crippen LogP contribution in [0.25, 0.3) is 0 Å². The molecule has 1 fully saturated rings. The fourth-order valence-electron chi connectivity index (χ4n) is 2.91. The van der Waals surface area contributed by atoms with E-state index in [9.17, 15) is 14.7 Å². The van der Waals surface area contributed by atoms with E-state index in [0.717, 1.165) is 5.56 Å². The summed E-state index contributed by atoms with van der Waals surface area (Å²) in [6.07, 6.45) is 0.840. The number of carbonyl (C=O) groups is 2. The van der Waals surface area contributed by atoms with Crippen molar-refractivity contribution in [2.45, 2.75) is 39.0 Å². The number of amides is 1. The summed E-state index contributed by atoms with van der Waals surface area (Å²) in [5.74, 6) is -1.09. The minimum atomic E-state index is -0.926. The van der Waals surface area contributed by atoms with E-state index in [1.165, 1.54) is 0 Å². The average molecular weight is 319 g/mol. The number of ether oxygens (including phenoxy) is 1. The Morgan fingerprint density at radius 3 is 2.39 bits per heavy atom. The SMILES string of the molecule is CC(C)(C)c1ccccc1C(=O)NCC1(C(=O)O)CCOCC1. The summed E-state index contributed by atoms with van der Waals surface area (Å²) in [6.45, 7) is 7.12. The predicted molar refractivity (Wildman–Crippen MR) is 87.6 cm³/mol. The molecule has 0 spiro atoms. The first kappa shape index (κ1) is 17.5. The maximum Gasteiger partial charge on any atom is 0.311 e. The summed E-state index contributed by atoms with van der Waals surface area (Å²) in [5.41, 5.74) is 0.475. The van der Waals surface area contributed by atoms with Gasteiger partial charge in [-0.25, -0.2) is 0 Å². The highest BCUT2D eigenvalue weighted by molar-refractivity contribution is 5.96. The molecule has 0 aromatic heterocycles. The first-order valence-electron chi connectivity index (χ1n) is 7.95. The zero-order chi connectivity index (χ0) is 17.1. The second kappa shape index (κ2) is 6.71. The molecular formula is C18H25NO4. The average Bonchev–Trinajstić information content (AvgIpc) is 2.52. The van der Waals surface area contributed by atoms with Gasteiger partial charge in [0.25, 0.3) is 5.91 Å². The number of hydrogen-bond acceptors (Lipinski definition) is 3. The minimum absolute atomic E-state index is 0.128. The van der Waals surface area contributed by atoms with Gasteiger partial charge >= 0.3 is 5.97 Å². The van der Waals surface area contributed by atoms with E-state index >= 15 is 0 Å². The number of aliphatic carboxylic acids is 1. The summed E-state index contributed by atoms with van der Waals surface area (Å²) in [5, 5.41) is 12.4. The third kappa shape index (κ3) is 3.91. The maximum absolute atomic E-state index is 12.6. The molecule has 1 saturated heterocycles. The van der Waals surface area contributed by atoms with Crippen LogP contribution in [-0.2, 0) is 14.9 Å². The Kier molecular flexibility index (Phi) is 5.09. The first-order valence-corrected chi connectivity index (χ1v) is 7.95. The fraction of sp³-hybridized carbons (Fsp3) is 0.556. The van der Waals surface area contributed by atoms with Crippen molar-refractivity contribution in [2.24, 2.45) is 5.41 Å². The lowest BCUT2D eigenvalue weighted by Gasteiger charge is -2.33. The quantitative estimate of drug-likeness (QED) is 0.894. The van der Waals surface area contributed by atoms with Crippen molar-refractivity contribution in [1.29, 1.82) is 0 Å². The number of carboxylic acid groups (broad SMARTS) is 1. The number of hydrogen-bond donors (Lipinski definition) is 2. The van der Waals surface area contributed by atoms with Crippen LogP contribution in [0.5, 0.6) is 0 Å². The molecule has 1 aromatic carbocycles. The highest BCUT2D eigenvalue weighted by atomic mass is 16.5. The van der Waals surface area contributed by atoms with Gasteiger partial charge in [0.2, 0.25) is 0 Å². The molecule has 0 atom stereocenters. The number of carbonyl (C=O) groups excluding carboxylic acids is 1. The molecule has 126 valence electrons. The topological polar surface area (TPSA) is 75.6 Å². The molecule has 1 heterocycles. The van der Waals surface area contributed by atoms with Crippen LogP contribution < -0.4 is 5.32 Å². The van der Waals surface area contributed by atoms with Gasteiger partial charge in [-0.3, -0.25) is 9.59 Å². The van der Waals surface area contributed by atoms with E-state index in [-0.39, 0.29) is 17.9 Å². The van der Waals surface area contributed by atoms with Gasteiger partial charge in [-0.05, 0) is 29.9 Å². The molecule has 0 radical (unpaired) electrons. The number of benzene rings is 1. The van der Waals surface area contributed by atoms with Gasteiger partial charge in [-0.15, -0.1) is 0 Å². The van der Waals surface area contributed by atoms with Crippen LogP contribution in [0.1, 0.15) is 49.5 Å². The van der Waals surface area contributed by atoms with Gasteiger partial charge in [0.15, 0.2) is 0 Å². The molecule has 0 unspecified atom stereocenters. The molecule has 1 aromatic rings. The van der Waals surface area contributed by atoms with Crippen molar-refractivity contribution in [1.82, 2.24) is 5.32 Å². The largest absolute Gasteiger partial charge is 0.481 e. The lowest BCUT2D eigenvalue weighted by Crippen LogP contribution is -2.46. The van der Waals surface area contributed by atoms with Gasteiger partial charge in [0, 0.05) is 25.3 Å². The Bertz CT molecular complexity index is 583. The van der Waals surface area contributed by atoms with Gasteiger partial charge in [-0.1, -0.05) is 39.0 Å². The third-order valence-corrected chi connectivity index (χ3v) is 4.47. The zero-order valence-corrected chi connectivity index (χ0v) is 14.0. The molecule has 1 amide bonds. The summed E-state index contributed by atoms with van der Waals surface area (Å²) < 4.78 is 5.25. The smallest absolute Gasteiger partial charge is 0.311 e. The molecular weight excluding hydrogens is 294 g/mol. The van der Waals surface area contributed by atoms with E-state index in [1.54, 1.807) is 6.07 Å².